The highest BCUT2D eigenvalue weighted by Crippen LogP contribution is 2.29. The Bertz CT molecular complexity index is 634. The van der Waals surface area contributed by atoms with Gasteiger partial charge in [-0.05, 0) is 31.0 Å². The molecular weight excluding hydrogens is 309 g/mol. The number of ether oxygens (including phenoxy) is 1. The summed E-state index contributed by atoms with van der Waals surface area (Å²) in [6.07, 6.45) is 0.884. The number of hydrogen-bond donors (Lipinski definition) is 0. The summed E-state index contributed by atoms with van der Waals surface area (Å²) in [4.78, 5) is 11.1. The van der Waals surface area contributed by atoms with Gasteiger partial charge in [0.05, 0.1) is 7.11 Å². The summed E-state index contributed by atoms with van der Waals surface area (Å²) >= 11 is 5.61. The molecule has 110 valence electrons. The van der Waals surface area contributed by atoms with Crippen LogP contribution in [0, 0.1) is 5.82 Å². The van der Waals surface area contributed by atoms with E-state index in [-0.39, 0.29) is 11.6 Å². The summed E-state index contributed by atoms with van der Waals surface area (Å²) < 4.78 is 44.2. The van der Waals surface area contributed by atoms with E-state index in [1.165, 1.54) is 13.2 Å². The van der Waals surface area contributed by atoms with E-state index in [0.717, 1.165) is 16.4 Å². The molecule has 0 saturated carbocycles. The lowest BCUT2D eigenvalue weighted by Crippen LogP contribution is -2.41. The van der Waals surface area contributed by atoms with E-state index in [2.05, 4.69) is 4.74 Å². The smallest absolute Gasteiger partial charge is 0.324 e. The highest BCUT2D eigenvalue weighted by molar-refractivity contribution is 7.89. The molecule has 0 aromatic heterocycles. The molecule has 0 bridgehead atoms. The molecule has 5 nitrogen and oxygen atoms in total. The number of esters is 1. The molecule has 1 heterocycles. The zero-order valence-corrected chi connectivity index (χ0v) is 12.2. The van der Waals surface area contributed by atoms with Gasteiger partial charge in [-0.25, -0.2) is 12.8 Å². The first kappa shape index (κ1) is 15.2. The van der Waals surface area contributed by atoms with E-state index in [0.29, 0.717) is 12.8 Å². The van der Waals surface area contributed by atoms with Crippen molar-refractivity contribution in [1.29, 1.82) is 0 Å². The van der Waals surface area contributed by atoms with Gasteiger partial charge in [0, 0.05) is 11.6 Å². The van der Waals surface area contributed by atoms with E-state index in [1.807, 2.05) is 0 Å². The van der Waals surface area contributed by atoms with Crippen LogP contribution in [0.5, 0.6) is 0 Å². The zero-order chi connectivity index (χ0) is 14.9. The Balaban J connectivity index is 2.41. The van der Waals surface area contributed by atoms with Crippen molar-refractivity contribution in [3.63, 3.8) is 0 Å². The first-order valence-corrected chi connectivity index (χ1v) is 7.74. The van der Waals surface area contributed by atoms with Crippen molar-refractivity contribution in [2.75, 3.05) is 13.7 Å². The molecule has 0 spiro atoms. The van der Waals surface area contributed by atoms with Crippen molar-refractivity contribution < 1.29 is 22.3 Å². The van der Waals surface area contributed by atoms with Crippen LogP contribution in [0.3, 0.4) is 0 Å². The van der Waals surface area contributed by atoms with E-state index in [4.69, 9.17) is 11.6 Å². The average molecular weight is 322 g/mol. The number of hydrogen-bond acceptors (Lipinski definition) is 4. The molecule has 0 N–H and O–H groups in total. The van der Waals surface area contributed by atoms with Crippen LogP contribution in [0.4, 0.5) is 4.39 Å². The fraction of sp³-hybridized carbons (Fsp3) is 0.417. The number of halogens is 2. The highest BCUT2D eigenvalue weighted by Gasteiger charge is 2.41. The first-order valence-electron chi connectivity index (χ1n) is 5.92. The van der Waals surface area contributed by atoms with Crippen molar-refractivity contribution in [3.8, 4) is 0 Å². The average Bonchev–Trinajstić information content (AvgIpc) is 2.87. The van der Waals surface area contributed by atoms with Gasteiger partial charge in [-0.3, -0.25) is 4.79 Å². The lowest BCUT2D eigenvalue weighted by molar-refractivity contribution is -0.144. The molecule has 1 aliphatic rings. The Morgan fingerprint density at radius 2 is 2.20 bits per heavy atom. The van der Waals surface area contributed by atoms with E-state index in [1.54, 1.807) is 0 Å². The van der Waals surface area contributed by atoms with Crippen LogP contribution >= 0.6 is 11.6 Å². The molecule has 1 aliphatic heterocycles. The van der Waals surface area contributed by atoms with Gasteiger partial charge in [-0.1, -0.05) is 11.6 Å². The number of methoxy groups -OCH3 is 1. The summed E-state index contributed by atoms with van der Waals surface area (Å²) in [6.45, 7) is 0.157. The molecule has 1 fully saturated rings. The molecule has 0 aliphatic carbocycles. The number of nitrogens with zero attached hydrogens (tertiary/aromatic N) is 1. The molecule has 8 heteroatoms. The number of carbonyl (C=O) groups is 1. The molecule has 2 rings (SSSR count). The second-order valence-corrected chi connectivity index (χ2v) is 6.67. The van der Waals surface area contributed by atoms with Gasteiger partial charge in [-0.2, -0.15) is 4.31 Å². The van der Waals surface area contributed by atoms with Crippen molar-refractivity contribution in [1.82, 2.24) is 4.31 Å². The third-order valence-corrected chi connectivity index (χ3v) is 5.33. The minimum atomic E-state index is -4.09. The van der Waals surface area contributed by atoms with Crippen LogP contribution in [-0.4, -0.2) is 38.4 Å². The topological polar surface area (TPSA) is 63.7 Å². The first-order chi connectivity index (χ1) is 9.37. The summed E-state index contributed by atoms with van der Waals surface area (Å²) in [5.74, 6) is -1.58. The maximum absolute atomic E-state index is 13.8. The quantitative estimate of drug-likeness (QED) is 0.796. The number of rotatable bonds is 3. The lowest BCUT2D eigenvalue weighted by Gasteiger charge is -2.22. The van der Waals surface area contributed by atoms with Gasteiger partial charge >= 0.3 is 5.97 Å². The Morgan fingerprint density at radius 1 is 1.50 bits per heavy atom. The molecular formula is C12H13ClFNO4S. The zero-order valence-electron chi connectivity index (χ0n) is 10.7. The Labute approximate surface area is 121 Å². The van der Waals surface area contributed by atoms with E-state index >= 15 is 0 Å². The fourth-order valence-electron chi connectivity index (χ4n) is 2.21. The van der Waals surface area contributed by atoms with Gasteiger partial charge in [0.25, 0.3) is 0 Å². The van der Waals surface area contributed by atoms with Crippen LogP contribution in [0.15, 0.2) is 23.1 Å². The summed E-state index contributed by atoms with van der Waals surface area (Å²) in [5.41, 5.74) is 0. The van der Waals surface area contributed by atoms with Crippen molar-refractivity contribution in [2.45, 2.75) is 23.8 Å². The summed E-state index contributed by atoms with van der Waals surface area (Å²) in [6, 6.07) is 2.41. The van der Waals surface area contributed by atoms with Crippen LogP contribution in [0.1, 0.15) is 12.8 Å². The predicted molar refractivity (Wildman–Crippen MR) is 70.3 cm³/mol. The molecule has 0 radical (unpaired) electrons. The van der Waals surface area contributed by atoms with Crippen molar-refractivity contribution >= 4 is 27.6 Å². The summed E-state index contributed by atoms with van der Waals surface area (Å²) in [7, 11) is -2.90. The molecule has 1 aromatic rings. The van der Waals surface area contributed by atoms with Gasteiger partial charge in [0.15, 0.2) is 0 Å². The van der Waals surface area contributed by atoms with Crippen molar-refractivity contribution in [3.05, 3.63) is 29.0 Å². The monoisotopic (exact) mass is 321 g/mol. The van der Waals surface area contributed by atoms with Gasteiger partial charge < -0.3 is 4.74 Å². The van der Waals surface area contributed by atoms with Crippen molar-refractivity contribution in [2.24, 2.45) is 0 Å². The van der Waals surface area contributed by atoms with E-state index < -0.39 is 32.7 Å². The number of benzene rings is 1. The molecule has 1 aromatic carbocycles. The van der Waals surface area contributed by atoms with E-state index in [9.17, 15) is 17.6 Å². The third kappa shape index (κ3) is 2.65. The largest absolute Gasteiger partial charge is 0.468 e. The SMILES string of the molecule is COC(=O)C1CCCN1S(=O)(=O)c1ccc(Cl)cc1F. The van der Waals surface area contributed by atoms with Crippen LogP contribution < -0.4 is 0 Å². The highest BCUT2D eigenvalue weighted by atomic mass is 35.5. The minimum Gasteiger partial charge on any atom is -0.468 e. The maximum Gasteiger partial charge on any atom is 0.324 e. The Hall–Kier alpha value is -1.18. The second kappa shape index (κ2) is 5.67. The van der Waals surface area contributed by atoms with Gasteiger partial charge in [0.2, 0.25) is 10.0 Å². The Kier molecular flexibility index (Phi) is 4.31. The Morgan fingerprint density at radius 3 is 2.80 bits per heavy atom. The molecule has 0 amide bonds. The van der Waals surface area contributed by atoms with Gasteiger partial charge in [-0.15, -0.1) is 0 Å². The van der Waals surface area contributed by atoms with Gasteiger partial charge in [0.1, 0.15) is 16.8 Å². The molecule has 20 heavy (non-hydrogen) atoms. The summed E-state index contributed by atoms with van der Waals surface area (Å²) in [5, 5.41) is 0.104. The normalized spacial score (nSPS) is 20.1. The third-order valence-electron chi connectivity index (χ3n) is 3.16. The van der Waals surface area contributed by atoms with Crippen LogP contribution in [0.2, 0.25) is 5.02 Å². The lowest BCUT2D eigenvalue weighted by atomic mass is 10.2. The number of carbonyl (C=O) groups excluding carboxylic acids is 1. The predicted octanol–water partition coefficient (Wildman–Crippen LogP) is 1.81. The fourth-order valence-corrected chi connectivity index (χ4v) is 4.06. The second-order valence-electron chi connectivity index (χ2n) is 4.37. The standard InChI is InChI=1S/C12H13ClFNO4S/c1-19-12(16)10-3-2-6-15(10)20(17,18)11-5-4-8(13)7-9(11)14/h4-5,7,10H,2-3,6H2,1H3. The molecule has 1 unspecified atom stereocenters. The molecule has 1 saturated heterocycles. The molecule has 1 atom stereocenters. The minimum absolute atomic E-state index is 0.104. The maximum atomic E-state index is 13.8. The number of sulfonamides is 1. The van der Waals surface area contributed by atoms with Crippen LogP contribution in [0.25, 0.3) is 0 Å². The van der Waals surface area contributed by atoms with Crippen LogP contribution in [-0.2, 0) is 19.6 Å².